The molecule has 0 aliphatic carbocycles. The first-order valence-corrected chi connectivity index (χ1v) is 13.1. The van der Waals surface area contributed by atoms with Crippen molar-refractivity contribution in [1.29, 1.82) is 5.26 Å². The van der Waals surface area contributed by atoms with Gasteiger partial charge in [-0.15, -0.1) is 0 Å². The van der Waals surface area contributed by atoms with Gasteiger partial charge in [-0.3, -0.25) is 0 Å². The fraction of sp³-hybridized carbons (Fsp3) is 0.400. The van der Waals surface area contributed by atoms with Crippen LogP contribution in [0.1, 0.15) is 43.7 Å². The number of esters is 2. The zero-order valence-corrected chi connectivity index (χ0v) is 19.9. The first-order valence-electron chi connectivity index (χ1n) is 11.4. The number of carbonyl (C=O) groups excluding carboxylic acids is 2. The summed E-state index contributed by atoms with van der Waals surface area (Å²) in [7, 11) is -3.74. The summed E-state index contributed by atoms with van der Waals surface area (Å²) >= 11 is 0. The second-order valence-corrected chi connectivity index (χ2v) is 10.2. The lowest BCUT2D eigenvalue weighted by Crippen LogP contribution is -2.46. The molecule has 34 heavy (non-hydrogen) atoms. The number of nitrogens with one attached hydrogen (secondary N) is 2. The lowest BCUT2D eigenvalue weighted by molar-refractivity contribution is -0.162. The number of rotatable bonds is 10. The summed E-state index contributed by atoms with van der Waals surface area (Å²) in [5.74, 6) is -1.73. The molecule has 180 valence electrons. The maximum absolute atomic E-state index is 12.8. The van der Waals surface area contributed by atoms with Crippen LogP contribution in [0.4, 0.5) is 0 Å². The standard InChI is InChI=1S/C25H29N3O5S/c1-2-3-15-34(31,32)28-23(25(30)33-24(29)22-9-6-14-27-22)16-18-10-12-19(13-11-18)21-8-5-4-7-20(21)17-26/h4-5,7-8,10-13,22-23,27-28H,2-3,6,9,14-16H2,1H3/t22-,23-/m0/s1. The van der Waals surface area contributed by atoms with Gasteiger partial charge < -0.3 is 10.1 Å². The van der Waals surface area contributed by atoms with Gasteiger partial charge in [0.05, 0.1) is 17.4 Å². The molecular weight excluding hydrogens is 454 g/mol. The number of nitriles is 1. The predicted octanol–water partition coefficient (Wildman–Crippen LogP) is 2.68. The van der Waals surface area contributed by atoms with E-state index in [1.807, 2.05) is 31.2 Å². The van der Waals surface area contributed by atoms with E-state index in [9.17, 15) is 23.3 Å². The third kappa shape index (κ3) is 6.97. The lowest BCUT2D eigenvalue weighted by atomic mass is 9.98. The van der Waals surface area contributed by atoms with E-state index in [4.69, 9.17) is 4.74 Å². The molecule has 0 unspecified atom stereocenters. The Bertz CT molecular complexity index is 1150. The normalized spacial score (nSPS) is 16.5. The minimum absolute atomic E-state index is 0.0236. The molecule has 2 N–H and O–H groups in total. The summed E-state index contributed by atoms with van der Waals surface area (Å²) in [6.07, 6.45) is 2.55. The van der Waals surface area contributed by atoms with Crippen LogP contribution < -0.4 is 10.0 Å². The number of hydrogen-bond acceptors (Lipinski definition) is 7. The smallest absolute Gasteiger partial charge is 0.332 e. The fourth-order valence-electron chi connectivity index (χ4n) is 3.80. The Balaban J connectivity index is 1.77. The fourth-order valence-corrected chi connectivity index (χ4v) is 5.20. The molecule has 1 aliphatic rings. The van der Waals surface area contributed by atoms with Crippen molar-refractivity contribution in [2.45, 2.75) is 51.1 Å². The van der Waals surface area contributed by atoms with Gasteiger partial charge >= 0.3 is 11.9 Å². The largest absolute Gasteiger partial charge is 0.391 e. The number of hydrogen-bond donors (Lipinski definition) is 2. The lowest BCUT2D eigenvalue weighted by Gasteiger charge is -2.18. The Morgan fingerprint density at radius 3 is 2.59 bits per heavy atom. The minimum atomic E-state index is -3.74. The Kier molecular flexibility index (Phi) is 8.93. The van der Waals surface area contributed by atoms with Gasteiger partial charge in [0.2, 0.25) is 10.0 Å². The van der Waals surface area contributed by atoms with E-state index in [1.54, 1.807) is 24.3 Å². The van der Waals surface area contributed by atoms with Gasteiger partial charge in [0.15, 0.2) is 0 Å². The van der Waals surface area contributed by atoms with Crippen LogP contribution in [0.15, 0.2) is 48.5 Å². The first kappa shape index (κ1) is 25.6. The second-order valence-electron chi connectivity index (χ2n) is 8.29. The summed E-state index contributed by atoms with van der Waals surface area (Å²) < 4.78 is 32.5. The van der Waals surface area contributed by atoms with E-state index < -0.39 is 34.0 Å². The Hall–Kier alpha value is -3.06. The van der Waals surface area contributed by atoms with E-state index in [0.717, 1.165) is 17.5 Å². The monoisotopic (exact) mass is 483 g/mol. The van der Waals surface area contributed by atoms with Crippen LogP contribution in [-0.2, 0) is 30.8 Å². The third-order valence-electron chi connectivity index (χ3n) is 5.67. The highest BCUT2D eigenvalue weighted by Crippen LogP contribution is 2.24. The summed E-state index contributed by atoms with van der Waals surface area (Å²) in [4.78, 5) is 25.1. The molecule has 1 heterocycles. The third-order valence-corrected chi connectivity index (χ3v) is 7.14. The van der Waals surface area contributed by atoms with Gasteiger partial charge in [0, 0.05) is 0 Å². The van der Waals surface area contributed by atoms with Crippen molar-refractivity contribution in [3.8, 4) is 17.2 Å². The quantitative estimate of drug-likeness (QED) is 0.393. The molecule has 0 saturated carbocycles. The van der Waals surface area contributed by atoms with Gasteiger partial charge in [-0.25, -0.2) is 22.7 Å². The molecule has 1 aliphatic heterocycles. The highest BCUT2D eigenvalue weighted by Gasteiger charge is 2.31. The van der Waals surface area contributed by atoms with Crippen LogP contribution in [0.5, 0.6) is 0 Å². The van der Waals surface area contributed by atoms with Crippen molar-refractivity contribution in [2.75, 3.05) is 12.3 Å². The summed E-state index contributed by atoms with van der Waals surface area (Å²) in [6.45, 7) is 2.54. The second kappa shape index (κ2) is 11.9. The average Bonchev–Trinajstić information content (AvgIpc) is 3.38. The molecule has 3 rings (SSSR count). The van der Waals surface area contributed by atoms with Gasteiger partial charge in [-0.05, 0) is 55.0 Å². The van der Waals surface area contributed by atoms with E-state index in [2.05, 4.69) is 16.1 Å². The molecule has 8 nitrogen and oxygen atoms in total. The molecule has 2 aromatic rings. The molecule has 0 bridgehead atoms. The van der Waals surface area contributed by atoms with Crippen LogP contribution in [0.25, 0.3) is 11.1 Å². The molecule has 0 amide bonds. The van der Waals surface area contributed by atoms with Crippen LogP contribution in [0, 0.1) is 11.3 Å². The first-order chi connectivity index (χ1) is 16.3. The van der Waals surface area contributed by atoms with E-state index in [-0.39, 0.29) is 12.2 Å². The van der Waals surface area contributed by atoms with Crippen molar-refractivity contribution in [1.82, 2.24) is 10.0 Å². The number of ether oxygens (including phenoxy) is 1. The number of nitrogens with zero attached hydrogens (tertiary/aromatic N) is 1. The highest BCUT2D eigenvalue weighted by atomic mass is 32.2. The predicted molar refractivity (Wildman–Crippen MR) is 128 cm³/mol. The maximum atomic E-state index is 12.8. The van der Waals surface area contributed by atoms with Crippen molar-refractivity contribution < 1.29 is 22.7 Å². The van der Waals surface area contributed by atoms with E-state index in [1.165, 1.54) is 0 Å². The molecule has 1 saturated heterocycles. The van der Waals surface area contributed by atoms with Crippen LogP contribution in [-0.4, -0.2) is 44.7 Å². The number of sulfonamides is 1. The van der Waals surface area contributed by atoms with Gasteiger partial charge in [0.25, 0.3) is 0 Å². The van der Waals surface area contributed by atoms with E-state index >= 15 is 0 Å². The summed E-state index contributed by atoms with van der Waals surface area (Å²) in [5.41, 5.74) is 2.83. The summed E-state index contributed by atoms with van der Waals surface area (Å²) in [5, 5.41) is 12.3. The molecule has 9 heteroatoms. The zero-order valence-electron chi connectivity index (χ0n) is 19.1. The maximum Gasteiger partial charge on any atom is 0.332 e. The number of unbranched alkanes of at least 4 members (excludes halogenated alkanes) is 1. The van der Waals surface area contributed by atoms with Gasteiger partial charge in [-0.1, -0.05) is 55.8 Å². The average molecular weight is 484 g/mol. The summed E-state index contributed by atoms with van der Waals surface area (Å²) in [6, 6.07) is 14.8. The Morgan fingerprint density at radius 2 is 1.94 bits per heavy atom. The van der Waals surface area contributed by atoms with Crippen molar-refractivity contribution >= 4 is 22.0 Å². The molecule has 2 atom stereocenters. The minimum Gasteiger partial charge on any atom is -0.391 e. The van der Waals surface area contributed by atoms with Gasteiger partial charge in [-0.2, -0.15) is 5.26 Å². The number of benzene rings is 2. The Morgan fingerprint density at radius 1 is 1.21 bits per heavy atom. The molecule has 1 fully saturated rings. The Labute approximate surface area is 200 Å². The highest BCUT2D eigenvalue weighted by molar-refractivity contribution is 7.89. The molecule has 0 spiro atoms. The topological polar surface area (TPSA) is 125 Å². The number of carbonyl (C=O) groups is 2. The molecular formula is C25H29N3O5S. The van der Waals surface area contributed by atoms with Crippen LogP contribution >= 0.6 is 0 Å². The van der Waals surface area contributed by atoms with Crippen molar-refractivity contribution in [2.24, 2.45) is 0 Å². The molecule has 0 aromatic heterocycles. The van der Waals surface area contributed by atoms with Crippen molar-refractivity contribution in [3.63, 3.8) is 0 Å². The van der Waals surface area contributed by atoms with E-state index in [0.29, 0.717) is 36.9 Å². The van der Waals surface area contributed by atoms with Crippen LogP contribution in [0.3, 0.4) is 0 Å². The SMILES string of the molecule is CCCCS(=O)(=O)N[C@@H](Cc1ccc(-c2ccccc2C#N)cc1)C(=O)OC(=O)[C@@H]1CCCN1. The zero-order chi connectivity index (χ0) is 24.6. The van der Waals surface area contributed by atoms with Crippen LogP contribution in [0.2, 0.25) is 0 Å². The molecule has 0 radical (unpaired) electrons. The molecule has 2 aromatic carbocycles. The van der Waals surface area contributed by atoms with Gasteiger partial charge in [0.1, 0.15) is 12.1 Å². The van der Waals surface area contributed by atoms with Crippen molar-refractivity contribution in [3.05, 3.63) is 59.7 Å².